The zero-order valence-corrected chi connectivity index (χ0v) is 15.0. The van der Waals surface area contributed by atoms with E-state index in [1.54, 1.807) is 11.8 Å². The van der Waals surface area contributed by atoms with Gasteiger partial charge in [-0.05, 0) is 35.3 Å². The quantitative estimate of drug-likeness (QED) is 0.752. The summed E-state index contributed by atoms with van der Waals surface area (Å²) in [5.74, 6) is 1.61. The first-order chi connectivity index (χ1) is 11.7. The van der Waals surface area contributed by atoms with Gasteiger partial charge in [-0.3, -0.25) is 10.1 Å². The van der Waals surface area contributed by atoms with E-state index in [1.807, 2.05) is 42.1 Å². The van der Waals surface area contributed by atoms with Gasteiger partial charge in [-0.15, -0.1) is 11.8 Å². The number of allylic oxidation sites excluding steroid dienone is 1. The second-order valence-corrected chi connectivity index (χ2v) is 8.82. The number of rotatable bonds is 5. The van der Waals surface area contributed by atoms with Crippen LogP contribution in [0.5, 0.6) is 0 Å². The highest BCUT2D eigenvalue weighted by atomic mass is 32.2. The zero-order chi connectivity index (χ0) is 16.5. The van der Waals surface area contributed by atoms with Crippen molar-refractivity contribution >= 4 is 29.4 Å². The molecule has 1 fully saturated rings. The van der Waals surface area contributed by atoms with Gasteiger partial charge in [0.25, 0.3) is 0 Å². The third kappa shape index (κ3) is 3.25. The van der Waals surface area contributed by atoms with Crippen molar-refractivity contribution in [2.24, 2.45) is 5.92 Å². The average molecular weight is 363 g/mol. The summed E-state index contributed by atoms with van der Waals surface area (Å²) in [6, 6.07) is 9.72. The van der Waals surface area contributed by atoms with E-state index < -0.39 is 6.10 Å². The molecule has 0 bridgehead atoms. The highest BCUT2D eigenvalue weighted by Crippen LogP contribution is 2.50. The third-order valence-electron chi connectivity index (χ3n) is 4.86. The van der Waals surface area contributed by atoms with Crippen LogP contribution in [0.3, 0.4) is 0 Å². The van der Waals surface area contributed by atoms with Crippen molar-refractivity contribution in [1.82, 2.24) is 10.6 Å². The first kappa shape index (κ1) is 16.5. The molecule has 4 atom stereocenters. The number of nitrogens with one attached hydrogen (secondary N) is 2. The molecule has 3 N–H and O–H groups in total. The molecule has 6 heteroatoms. The van der Waals surface area contributed by atoms with Crippen LogP contribution in [0.2, 0.25) is 0 Å². The van der Waals surface area contributed by atoms with Crippen molar-refractivity contribution in [2.45, 2.75) is 36.9 Å². The van der Waals surface area contributed by atoms with Gasteiger partial charge in [-0.2, -0.15) is 11.8 Å². The molecule has 2 aliphatic heterocycles. The highest BCUT2D eigenvalue weighted by Gasteiger charge is 2.45. The number of aliphatic hydroxyl groups excluding tert-OH is 1. The van der Waals surface area contributed by atoms with Crippen LogP contribution in [0.25, 0.3) is 0 Å². The van der Waals surface area contributed by atoms with Gasteiger partial charge in [0.15, 0.2) is 0 Å². The van der Waals surface area contributed by atoms with Gasteiger partial charge in [0.1, 0.15) is 0 Å². The average Bonchev–Trinajstić information content (AvgIpc) is 3.16. The molecule has 1 saturated heterocycles. The summed E-state index contributed by atoms with van der Waals surface area (Å²) in [6.45, 7) is 0. The molecule has 128 valence electrons. The van der Waals surface area contributed by atoms with Crippen LogP contribution in [-0.4, -0.2) is 34.1 Å². The second kappa shape index (κ2) is 7.12. The maximum absolute atomic E-state index is 12.5. The minimum Gasteiger partial charge on any atom is -0.388 e. The number of hydrogen-bond donors (Lipinski definition) is 3. The Labute approximate surface area is 150 Å². The Morgan fingerprint density at radius 1 is 1.29 bits per heavy atom. The van der Waals surface area contributed by atoms with Crippen molar-refractivity contribution < 1.29 is 9.90 Å². The van der Waals surface area contributed by atoms with Crippen molar-refractivity contribution in [1.29, 1.82) is 0 Å². The second-order valence-electron chi connectivity index (χ2n) is 6.51. The molecule has 0 spiro atoms. The van der Waals surface area contributed by atoms with Crippen molar-refractivity contribution in [3.05, 3.63) is 46.4 Å². The van der Waals surface area contributed by atoms with Gasteiger partial charge >= 0.3 is 0 Å². The molecule has 1 aliphatic carbocycles. The van der Waals surface area contributed by atoms with Crippen molar-refractivity contribution in [3.8, 4) is 0 Å². The van der Waals surface area contributed by atoms with E-state index in [0.717, 1.165) is 24.2 Å². The Hall–Kier alpha value is -0.950. The van der Waals surface area contributed by atoms with Gasteiger partial charge in [-0.1, -0.05) is 30.3 Å². The number of amides is 1. The Balaban J connectivity index is 1.28. The summed E-state index contributed by atoms with van der Waals surface area (Å²) in [5, 5.41) is 17.1. The van der Waals surface area contributed by atoms with Crippen LogP contribution in [0.1, 0.15) is 30.9 Å². The lowest BCUT2D eigenvalue weighted by Crippen LogP contribution is -2.60. The number of carbonyl (C=O) groups is 1. The van der Waals surface area contributed by atoms with Crippen LogP contribution < -0.4 is 10.6 Å². The Kier molecular flexibility index (Phi) is 4.90. The Morgan fingerprint density at radius 2 is 2.12 bits per heavy atom. The van der Waals surface area contributed by atoms with Gasteiger partial charge in [0.05, 0.1) is 23.6 Å². The van der Waals surface area contributed by atoms with E-state index in [0.29, 0.717) is 5.75 Å². The highest BCUT2D eigenvalue weighted by molar-refractivity contribution is 8.04. The molecule has 4 nitrogen and oxygen atoms in total. The fraction of sp³-hybridized carbons (Fsp3) is 0.500. The summed E-state index contributed by atoms with van der Waals surface area (Å²) in [6.07, 6.45) is 2.95. The molecule has 0 radical (unpaired) electrons. The fourth-order valence-electron chi connectivity index (χ4n) is 3.69. The van der Waals surface area contributed by atoms with E-state index in [-0.39, 0.29) is 23.4 Å². The molecule has 2 heterocycles. The lowest BCUT2D eigenvalue weighted by atomic mass is 9.95. The van der Waals surface area contributed by atoms with Crippen LogP contribution in [-0.2, 0) is 4.79 Å². The monoisotopic (exact) mass is 362 g/mol. The van der Waals surface area contributed by atoms with E-state index in [9.17, 15) is 9.90 Å². The molecule has 4 rings (SSSR count). The van der Waals surface area contributed by atoms with E-state index in [2.05, 4.69) is 10.6 Å². The fourth-order valence-corrected chi connectivity index (χ4v) is 6.27. The molecule has 3 aliphatic rings. The lowest BCUT2D eigenvalue weighted by molar-refractivity contribution is -0.126. The van der Waals surface area contributed by atoms with Crippen LogP contribution in [0.15, 0.2) is 40.8 Å². The minimum absolute atomic E-state index is 0.0146. The number of fused-ring (bicyclic) bond motifs is 2. The zero-order valence-electron chi connectivity index (χ0n) is 13.4. The topological polar surface area (TPSA) is 61.4 Å². The van der Waals surface area contributed by atoms with E-state index in [4.69, 9.17) is 0 Å². The van der Waals surface area contributed by atoms with Crippen molar-refractivity contribution in [3.63, 3.8) is 0 Å². The molecule has 0 aromatic heterocycles. The predicted molar refractivity (Wildman–Crippen MR) is 99.5 cm³/mol. The number of thioether (sulfide) groups is 2. The largest absolute Gasteiger partial charge is 0.388 e. The maximum Gasteiger partial charge on any atom is 0.230 e. The molecular formula is C18H22N2O2S2. The molecular weight excluding hydrogens is 340 g/mol. The van der Waals surface area contributed by atoms with E-state index >= 15 is 0 Å². The van der Waals surface area contributed by atoms with E-state index in [1.165, 1.54) is 16.9 Å². The molecule has 1 amide bonds. The first-order valence-corrected chi connectivity index (χ1v) is 10.5. The summed E-state index contributed by atoms with van der Waals surface area (Å²) in [5.41, 5.74) is 2.32. The lowest BCUT2D eigenvalue weighted by Gasteiger charge is -2.34. The summed E-state index contributed by atoms with van der Waals surface area (Å²) in [4.78, 5) is 13.9. The standard InChI is InChI=1S/C18H22N2O2S2/c21-13(11-5-2-1-3-6-11)9-23-10-15-19-17(22)16-12-7-4-8-14(12)24-18(16)20-15/h1-3,5-6,13,15-16,18,20-21H,4,7-10H2,(H,19,22). The van der Waals surface area contributed by atoms with Crippen LogP contribution in [0.4, 0.5) is 0 Å². The molecule has 4 unspecified atom stereocenters. The first-order valence-electron chi connectivity index (χ1n) is 8.48. The summed E-state index contributed by atoms with van der Waals surface area (Å²) in [7, 11) is 0. The van der Waals surface area contributed by atoms with Gasteiger partial charge in [0, 0.05) is 11.5 Å². The molecule has 1 aromatic carbocycles. The number of carbonyl (C=O) groups excluding carboxylic acids is 1. The Morgan fingerprint density at radius 3 is 2.96 bits per heavy atom. The SMILES string of the molecule is O=C1NC(CSCC(O)c2ccccc2)NC2SC3=C(CCC3)C12. The normalized spacial score (nSPS) is 30.0. The minimum atomic E-state index is -0.463. The van der Waals surface area contributed by atoms with Gasteiger partial charge in [0.2, 0.25) is 5.91 Å². The smallest absolute Gasteiger partial charge is 0.230 e. The third-order valence-corrected chi connectivity index (χ3v) is 7.40. The number of benzene rings is 1. The van der Waals surface area contributed by atoms with Crippen LogP contribution >= 0.6 is 23.5 Å². The van der Waals surface area contributed by atoms with Crippen molar-refractivity contribution in [2.75, 3.05) is 11.5 Å². The summed E-state index contributed by atoms with van der Waals surface area (Å²) >= 11 is 3.53. The number of hydrogen-bond acceptors (Lipinski definition) is 5. The molecule has 24 heavy (non-hydrogen) atoms. The molecule has 0 saturated carbocycles. The van der Waals surface area contributed by atoms with Gasteiger partial charge in [-0.25, -0.2) is 0 Å². The predicted octanol–water partition coefficient (Wildman–Crippen LogP) is 2.63. The maximum atomic E-state index is 12.5. The Bertz CT molecular complexity index is 650. The van der Waals surface area contributed by atoms with Gasteiger partial charge < -0.3 is 10.4 Å². The summed E-state index contributed by atoms with van der Waals surface area (Å²) < 4.78 is 0. The number of aliphatic hydroxyl groups is 1. The van der Waals surface area contributed by atoms with Crippen LogP contribution in [0, 0.1) is 5.92 Å². The molecule has 1 aromatic rings.